The highest BCUT2D eigenvalue weighted by molar-refractivity contribution is 7.90. The van der Waals surface area contributed by atoms with Crippen LogP contribution in [0.15, 0.2) is 37.2 Å². The molecule has 1 atom stereocenters. The number of aromatic nitrogens is 6. The predicted octanol–water partition coefficient (Wildman–Crippen LogP) is 2.99. The van der Waals surface area contributed by atoms with E-state index < -0.39 is 44.1 Å². The van der Waals surface area contributed by atoms with Gasteiger partial charge in [0.1, 0.15) is 35.6 Å². The topological polar surface area (TPSA) is 197 Å². The zero-order valence-electron chi connectivity index (χ0n) is 28.3. The van der Waals surface area contributed by atoms with Crippen LogP contribution >= 0.6 is 0 Å². The maximum Gasteiger partial charge on any atom is 0.250 e. The quantitative estimate of drug-likeness (QED) is 0.216. The molecule has 0 amide bonds. The van der Waals surface area contributed by atoms with Crippen LogP contribution in [0.25, 0.3) is 22.1 Å². The molecule has 0 spiro atoms. The molecule has 8 rings (SSSR count). The second-order valence-electron chi connectivity index (χ2n) is 14.2. The van der Waals surface area contributed by atoms with Crippen LogP contribution < -0.4 is 14.5 Å². The lowest BCUT2D eigenvalue weighted by atomic mass is 9.81. The summed E-state index contributed by atoms with van der Waals surface area (Å²) in [5, 5.41) is 9.88. The zero-order chi connectivity index (χ0) is 36.1. The summed E-state index contributed by atoms with van der Waals surface area (Å²) in [7, 11) is -3.03. The largest absolute Gasteiger partial charge is 0.356 e. The lowest BCUT2D eigenvalue weighted by molar-refractivity contribution is -0.0689. The molecule has 4 aromatic heterocycles. The molecular formula is C32H41F2N11O4S2. The number of nitrogens with zero attached hydrogens (tertiary/aromatic N) is 8. The Morgan fingerprint density at radius 1 is 0.922 bits per heavy atom. The number of nitriles is 1. The number of aromatic amines is 2. The molecule has 0 bridgehead atoms. The molecule has 0 unspecified atom stereocenters. The van der Waals surface area contributed by atoms with E-state index in [2.05, 4.69) is 45.6 Å². The van der Waals surface area contributed by atoms with Crippen molar-refractivity contribution in [2.75, 3.05) is 42.7 Å². The monoisotopic (exact) mass is 745 g/mol. The van der Waals surface area contributed by atoms with Gasteiger partial charge in [0.25, 0.3) is 5.92 Å². The molecule has 4 aromatic rings. The summed E-state index contributed by atoms with van der Waals surface area (Å²) in [5.41, 5.74) is 1.56. The van der Waals surface area contributed by atoms with Crippen molar-refractivity contribution in [1.82, 2.24) is 38.9 Å². The Hall–Kier alpha value is -3.99. The smallest absolute Gasteiger partial charge is 0.250 e. The van der Waals surface area contributed by atoms with Crippen molar-refractivity contribution in [3.05, 3.63) is 37.2 Å². The molecule has 3 saturated carbocycles. The first-order valence-electron chi connectivity index (χ1n) is 17.0. The number of sulfonamides is 2. The Morgan fingerprint density at radius 3 is 1.98 bits per heavy atom. The fourth-order valence-electron chi connectivity index (χ4n) is 7.42. The van der Waals surface area contributed by atoms with Gasteiger partial charge in [-0.2, -0.15) is 5.26 Å². The Balaban J connectivity index is 0.000000159. The summed E-state index contributed by atoms with van der Waals surface area (Å²) in [6, 6.07) is 6.25. The van der Waals surface area contributed by atoms with E-state index in [1.807, 2.05) is 37.3 Å². The van der Waals surface area contributed by atoms with Crippen molar-refractivity contribution in [2.24, 2.45) is 11.8 Å². The first-order valence-corrected chi connectivity index (χ1v) is 20.2. The molecule has 5 heterocycles. The summed E-state index contributed by atoms with van der Waals surface area (Å²) in [5.74, 6) is -0.992. The van der Waals surface area contributed by atoms with E-state index in [0.717, 1.165) is 46.5 Å². The zero-order valence-corrected chi connectivity index (χ0v) is 29.9. The van der Waals surface area contributed by atoms with Gasteiger partial charge in [0.15, 0.2) is 0 Å². The van der Waals surface area contributed by atoms with Crippen molar-refractivity contribution >= 4 is 53.7 Å². The minimum absolute atomic E-state index is 0.142. The predicted molar refractivity (Wildman–Crippen MR) is 187 cm³/mol. The van der Waals surface area contributed by atoms with Gasteiger partial charge in [-0.25, -0.2) is 54.6 Å². The number of alkyl halides is 2. The molecule has 1 aliphatic heterocycles. The Labute approximate surface area is 295 Å². The number of halogens is 2. The first kappa shape index (κ1) is 35.4. The third-order valence-electron chi connectivity index (χ3n) is 10.7. The van der Waals surface area contributed by atoms with Crippen LogP contribution in [0.1, 0.15) is 44.9 Å². The van der Waals surface area contributed by atoms with Gasteiger partial charge in [0.2, 0.25) is 20.0 Å². The molecule has 0 aromatic carbocycles. The van der Waals surface area contributed by atoms with Crippen molar-refractivity contribution in [2.45, 2.75) is 74.2 Å². The van der Waals surface area contributed by atoms with E-state index in [1.165, 1.54) is 10.6 Å². The van der Waals surface area contributed by atoms with Crippen molar-refractivity contribution in [3.8, 4) is 6.07 Å². The summed E-state index contributed by atoms with van der Waals surface area (Å²) in [6.07, 6.45) is 9.07. The van der Waals surface area contributed by atoms with Crippen LogP contribution in [-0.2, 0) is 20.0 Å². The Bertz CT molecular complexity index is 2140. The van der Waals surface area contributed by atoms with E-state index in [0.29, 0.717) is 32.4 Å². The van der Waals surface area contributed by atoms with Gasteiger partial charge < -0.3 is 19.8 Å². The van der Waals surface area contributed by atoms with Crippen molar-refractivity contribution < 1.29 is 25.6 Å². The Kier molecular flexibility index (Phi) is 9.39. The fourth-order valence-corrected chi connectivity index (χ4v) is 11.1. The van der Waals surface area contributed by atoms with Gasteiger partial charge in [-0.15, -0.1) is 0 Å². The molecule has 4 aliphatic rings. The number of anilines is 2. The standard InChI is InChI=1S/C17H22N6O2S.C15H19F2N5O2S/c1-22(17-15-2-4-19-16(15)20-11-21-17)14-6-13(7-14)10-26(24,25)23-5-3-12(8-18)9-23;1-22(14-12-2-3-18-13(12)19-8-20-14)10-4-9(5-10)21-25(23,24)11-6-15(16,17)7-11/h2,4,11-14H,3,5-7,9-10H2,1H3,(H,19,20,21);2-3,8-11,21H,4-7H2,1H3,(H,18,19,20)/t12-,13-,14+;9-,10+/m0./s1. The van der Waals surface area contributed by atoms with Gasteiger partial charge >= 0.3 is 0 Å². The molecule has 15 nitrogen and oxygen atoms in total. The normalized spacial score (nSPS) is 26.4. The highest BCUT2D eigenvalue weighted by Gasteiger charge is 2.52. The highest BCUT2D eigenvalue weighted by atomic mass is 32.2. The van der Waals surface area contributed by atoms with Crippen LogP contribution in [0.5, 0.6) is 0 Å². The second-order valence-corrected chi connectivity index (χ2v) is 18.2. The first-order chi connectivity index (χ1) is 24.2. The van der Waals surface area contributed by atoms with E-state index in [-0.39, 0.29) is 35.7 Å². The SMILES string of the molecule is CN(c1ncnc2[nH]ccc12)[C@H]1C[C@@H](CS(=O)(=O)N2CC[C@@H](C#N)C2)C1.CN(c1ncnc2[nH]ccc12)[C@H]1C[C@@H](NS(=O)(=O)C2CC(F)(F)C2)C1. The lowest BCUT2D eigenvalue weighted by Gasteiger charge is -2.43. The number of fused-ring (bicyclic) bond motifs is 2. The maximum atomic E-state index is 12.9. The third kappa shape index (κ3) is 7.23. The molecular weight excluding hydrogens is 705 g/mol. The Morgan fingerprint density at radius 2 is 1.47 bits per heavy atom. The van der Waals surface area contributed by atoms with Crippen LogP contribution in [0.3, 0.4) is 0 Å². The van der Waals surface area contributed by atoms with Crippen molar-refractivity contribution in [1.29, 1.82) is 5.26 Å². The summed E-state index contributed by atoms with van der Waals surface area (Å²) < 4.78 is 79.2. The van der Waals surface area contributed by atoms with E-state index >= 15 is 0 Å². The van der Waals surface area contributed by atoms with Crippen molar-refractivity contribution in [3.63, 3.8) is 0 Å². The van der Waals surface area contributed by atoms with Gasteiger partial charge in [-0.05, 0) is 50.2 Å². The molecule has 19 heteroatoms. The minimum atomic E-state index is -3.67. The van der Waals surface area contributed by atoms with Gasteiger partial charge in [0.05, 0.1) is 33.8 Å². The number of hydrogen-bond donors (Lipinski definition) is 3. The van der Waals surface area contributed by atoms with Crippen LogP contribution in [0.2, 0.25) is 0 Å². The second kappa shape index (κ2) is 13.5. The average Bonchev–Trinajstić information content (AvgIpc) is 3.83. The number of rotatable bonds is 10. The molecule has 4 fully saturated rings. The van der Waals surface area contributed by atoms with Crippen LogP contribution in [0, 0.1) is 23.2 Å². The molecule has 274 valence electrons. The van der Waals surface area contributed by atoms with Gasteiger partial charge in [0, 0.05) is 70.5 Å². The van der Waals surface area contributed by atoms with Crippen LogP contribution in [0.4, 0.5) is 20.4 Å². The van der Waals surface area contributed by atoms with E-state index in [4.69, 9.17) is 5.26 Å². The summed E-state index contributed by atoms with van der Waals surface area (Å²) in [6.45, 7) is 0.824. The average molecular weight is 746 g/mol. The van der Waals surface area contributed by atoms with E-state index in [1.54, 1.807) is 12.5 Å². The molecule has 0 radical (unpaired) electrons. The molecule has 3 N–H and O–H groups in total. The number of hydrogen-bond acceptors (Lipinski definition) is 11. The van der Waals surface area contributed by atoms with Gasteiger partial charge in [-0.3, -0.25) is 0 Å². The summed E-state index contributed by atoms with van der Waals surface area (Å²) in [4.78, 5) is 27.3. The fraction of sp³-hybridized carbons (Fsp3) is 0.594. The lowest BCUT2D eigenvalue weighted by Crippen LogP contribution is -2.57. The number of nitrogens with one attached hydrogen (secondary N) is 3. The third-order valence-corrected chi connectivity index (χ3v) is 14.6. The molecule has 51 heavy (non-hydrogen) atoms. The van der Waals surface area contributed by atoms with E-state index in [9.17, 15) is 25.6 Å². The molecule has 1 saturated heterocycles. The minimum Gasteiger partial charge on any atom is -0.356 e. The molecule has 3 aliphatic carbocycles. The number of H-pyrrole nitrogens is 2. The van der Waals surface area contributed by atoms with Crippen LogP contribution in [-0.4, -0.2) is 113 Å². The highest BCUT2D eigenvalue weighted by Crippen LogP contribution is 2.42. The maximum absolute atomic E-state index is 12.9. The van der Waals surface area contributed by atoms with Gasteiger partial charge in [-0.1, -0.05) is 0 Å². The summed E-state index contributed by atoms with van der Waals surface area (Å²) >= 11 is 0.